The Kier molecular flexibility index (Phi) is 8.20. The van der Waals surface area contributed by atoms with Crippen LogP contribution in [0.3, 0.4) is 0 Å². The standard InChI is InChI=1S/C16H32N2O7/c1-8(5-16(2,3)15(24)18-17-4)7-25-14(23)10-11(20)9(6-19)12(21)13(10)22/h8-14,17,19-23H,5-7H2,1-4H3,(H,18,24). The van der Waals surface area contributed by atoms with E-state index < -0.39 is 48.5 Å². The number of nitrogens with one attached hydrogen (secondary N) is 2. The van der Waals surface area contributed by atoms with E-state index in [4.69, 9.17) is 9.84 Å². The maximum Gasteiger partial charge on any atom is 0.239 e. The quantitative estimate of drug-likeness (QED) is 0.182. The number of amides is 1. The van der Waals surface area contributed by atoms with Gasteiger partial charge in [-0.25, -0.2) is 5.43 Å². The van der Waals surface area contributed by atoms with Crippen molar-refractivity contribution in [3.05, 3.63) is 0 Å². The van der Waals surface area contributed by atoms with Gasteiger partial charge in [0, 0.05) is 18.4 Å². The van der Waals surface area contributed by atoms with Crippen LogP contribution in [-0.4, -0.2) is 76.3 Å². The van der Waals surface area contributed by atoms with Crippen LogP contribution < -0.4 is 10.9 Å². The molecule has 1 rings (SSSR count). The van der Waals surface area contributed by atoms with Crippen molar-refractivity contribution in [2.24, 2.45) is 23.2 Å². The molecule has 0 heterocycles. The number of rotatable bonds is 9. The Hall–Kier alpha value is -0.810. The van der Waals surface area contributed by atoms with Crippen molar-refractivity contribution in [1.29, 1.82) is 0 Å². The van der Waals surface area contributed by atoms with Crippen molar-refractivity contribution in [1.82, 2.24) is 10.9 Å². The summed E-state index contributed by atoms with van der Waals surface area (Å²) in [5.74, 6) is -2.29. The fourth-order valence-corrected chi connectivity index (χ4v) is 3.40. The Balaban J connectivity index is 2.55. The van der Waals surface area contributed by atoms with Crippen LogP contribution in [-0.2, 0) is 9.53 Å². The minimum absolute atomic E-state index is 0.0819. The summed E-state index contributed by atoms with van der Waals surface area (Å²) in [7, 11) is 1.60. The van der Waals surface area contributed by atoms with Crippen molar-refractivity contribution in [2.45, 2.75) is 51.8 Å². The summed E-state index contributed by atoms with van der Waals surface area (Å²) >= 11 is 0. The van der Waals surface area contributed by atoms with E-state index in [2.05, 4.69) is 10.9 Å². The molecule has 7 N–H and O–H groups in total. The number of hydrogen-bond donors (Lipinski definition) is 7. The van der Waals surface area contributed by atoms with Crippen LogP contribution in [0.4, 0.5) is 0 Å². The number of hydrazine groups is 1. The lowest BCUT2D eigenvalue weighted by molar-refractivity contribution is -0.182. The number of aliphatic hydroxyl groups is 5. The molecule has 25 heavy (non-hydrogen) atoms. The molecule has 7 atom stereocenters. The average molecular weight is 364 g/mol. The lowest BCUT2D eigenvalue weighted by atomic mass is 9.83. The maximum atomic E-state index is 12.0. The molecule has 9 nitrogen and oxygen atoms in total. The molecule has 0 aromatic carbocycles. The molecule has 0 aromatic rings. The van der Waals surface area contributed by atoms with Crippen molar-refractivity contribution in [3.63, 3.8) is 0 Å². The summed E-state index contributed by atoms with van der Waals surface area (Å²) in [6.45, 7) is 5.04. The SMILES string of the molecule is CNNC(=O)C(C)(C)CC(C)COC(O)C1C(O)C(O)C(CO)C1O. The van der Waals surface area contributed by atoms with E-state index in [0.29, 0.717) is 6.42 Å². The fraction of sp³-hybridized carbons (Fsp3) is 0.938. The molecule has 0 radical (unpaired) electrons. The number of carbonyl (C=O) groups is 1. The van der Waals surface area contributed by atoms with Crippen LogP contribution in [0.15, 0.2) is 0 Å². The van der Waals surface area contributed by atoms with Gasteiger partial charge in [-0.05, 0) is 12.3 Å². The maximum absolute atomic E-state index is 12.0. The highest BCUT2D eigenvalue weighted by Crippen LogP contribution is 2.35. The summed E-state index contributed by atoms with van der Waals surface area (Å²) in [5, 5.41) is 49.1. The second-order valence-electron chi connectivity index (χ2n) is 7.52. The first-order chi connectivity index (χ1) is 11.6. The molecule has 1 aliphatic carbocycles. The normalized spacial score (nSPS) is 32.4. The van der Waals surface area contributed by atoms with Crippen LogP contribution in [0, 0.1) is 23.2 Å². The molecule has 1 amide bonds. The van der Waals surface area contributed by atoms with Gasteiger partial charge in [-0.3, -0.25) is 10.2 Å². The second kappa shape index (κ2) is 9.22. The third-order valence-corrected chi connectivity index (χ3v) is 4.82. The summed E-state index contributed by atoms with van der Waals surface area (Å²) in [6, 6.07) is 0. The highest BCUT2D eigenvalue weighted by Gasteiger charge is 2.51. The first-order valence-corrected chi connectivity index (χ1v) is 8.48. The molecule has 0 aliphatic heterocycles. The van der Waals surface area contributed by atoms with Crippen LogP contribution >= 0.6 is 0 Å². The Morgan fingerprint density at radius 3 is 2.28 bits per heavy atom. The molecule has 1 fully saturated rings. The lowest BCUT2D eigenvalue weighted by Crippen LogP contribution is -2.44. The van der Waals surface area contributed by atoms with E-state index in [-0.39, 0.29) is 18.4 Å². The molecule has 9 heteroatoms. The Morgan fingerprint density at radius 2 is 1.80 bits per heavy atom. The Labute approximate surface area is 148 Å². The predicted molar refractivity (Wildman–Crippen MR) is 88.8 cm³/mol. The zero-order valence-corrected chi connectivity index (χ0v) is 15.2. The van der Waals surface area contributed by atoms with Crippen molar-refractivity contribution in [3.8, 4) is 0 Å². The molecular formula is C16H32N2O7. The molecule has 7 unspecified atom stereocenters. The summed E-state index contributed by atoms with van der Waals surface area (Å²) in [4.78, 5) is 12.0. The minimum atomic E-state index is -1.49. The summed E-state index contributed by atoms with van der Waals surface area (Å²) in [6.07, 6.45) is -5.00. The summed E-state index contributed by atoms with van der Waals surface area (Å²) < 4.78 is 5.35. The first-order valence-electron chi connectivity index (χ1n) is 8.48. The van der Waals surface area contributed by atoms with Crippen LogP contribution in [0.5, 0.6) is 0 Å². The number of hydrogen-bond acceptors (Lipinski definition) is 8. The van der Waals surface area contributed by atoms with Crippen molar-refractivity contribution in [2.75, 3.05) is 20.3 Å². The van der Waals surface area contributed by atoms with Crippen molar-refractivity contribution < 1.29 is 35.1 Å². The number of carbonyl (C=O) groups excluding carboxylic acids is 1. The molecular weight excluding hydrogens is 332 g/mol. The largest absolute Gasteiger partial charge is 0.396 e. The van der Waals surface area contributed by atoms with Gasteiger partial charge >= 0.3 is 0 Å². The van der Waals surface area contributed by atoms with E-state index in [9.17, 15) is 25.2 Å². The summed E-state index contributed by atoms with van der Waals surface area (Å²) in [5.41, 5.74) is 4.47. The number of aliphatic hydroxyl groups excluding tert-OH is 5. The lowest BCUT2D eigenvalue weighted by Gasteiger charge is -2.29. The molecule has 1 saturated carbocycles. The monoisotopic (exact) mass is 364 g/mol. The highest BCUT2D eigenvalue weighted by atomic mass is 16.6. The second-order valence-corrected chi connectivity index (χ2v) is 7.52. The molecule has 0 bridgehead atoms. The van der Waals surface area contributed by atoms with E-state index in [0.717, 1.165) is 0 Å². The zero-order chi connectivity index (χ0) is 19.4. The smallest absolute Gasteiger partial charge is 0.239 e. The van der Waals surface area contributed by atoms with Gasteiger partial charge in [-0.1, -0.05) is 20.8 Å². The Bertz CT molecular complexity index is 435. The molecule has 1 aliphatic rings. The highest BCUT2D eigenvalue weighted by molar-refractivity contribution is 5.81. The number of ether oxygens (including phenoxy) is 1. The van der Waals surface area contributed by atoms with Gasteiger partial charge in [-0.2, -0.15) is 0 Å². The first kappa shape index (κ1) is 22.2. The van der Waals surface area contributed by atoms with Crippen LogP contribution in [0.25, 0.3) is 0 Å². The van der Waals surface area contributed by atoms with Crippen LogP contribution in [0.1, 0.15) is 27.2 Å². The van der Waals surface area contributed by atoms with E-state index in [1.165, 1.54) is 0 Å². The van der Waals surface area contributed by atoms with Gasteiger partial charge in [0.25, 0.3) is 0 Å². The Morgan fingerprint density at radius 1 is 1.20 bits per heavy atom. The van der Waals surface area contributed by atoms with E-state index >= 15 is 0 Å². The topological polar surface area (TPSA) is 152 Å². The van der Waals surface area contributed by atoms with Gasteiger partial charge in [0.2, 0.25) is 5.91 Å². The van der Waals surface area contributed by atoms with Gasteiger partial charge in [0.15, 0.2) is 6.29 Å². The zero-order valence-electron chi connectivity index (χ0n) is 15.2. The minimum Gasteiger partial charge on any atom is -0.396 e. The van der Waals surface area contributed by atoms with Crippen LogP contribution in [0.2, 0.25) is 0 Å². The third kappa shape index (κ3) is 5.33. The molecule has 0 spiro atoms. The van der Waals surface area contributed by atoms with E-state index in [1.807, 2.05) is 6.92 Å². The van der Waals surface area contributed by atoms with E-state index in [1.54, 1.807) is 20.9 Å². The average Bonchev–Trinajstić information content (AvgIpc) is 2.74. The van der Waals surface area contributed by atoms with Gasteiger partial charge < -0.3 is 30.3 Å². The van der Waals surface area contributed by atoms with Gasteiger partial charge in [-0.15, -0.1) is 0 Å². The molecule has 0 aromatic heterocycles. The van der Waals surface area contributed by atoms with Crippen molar-refractivity contribution >= 4 is 5.91 Å². The predicted octanol–water partition coefficient (Wildman–Crippen LogP) is -2.05. The third-order valence-electron chi connectivity index (χ3n) is 4.82. The molecule has 0 saturated heterocycles. The fourth-order valence-electron chi connectivity index (χ4n) is 3.40. The molecule has 148 valence electrons. The van der Waals surface area contributed by atoms with Gasteiger partial charge in [0.05, 0.1) is 37.4 Å². The van der Waals surface area contributed by atoms with Gasteiger partial charge in [0.1, 0.15) is 0 Å².